The molecule has 2 N–H and O–H groups in total. The first-order valence-electron chi connectivity index (χ1n) is 6.98. The Morgan fingerprint density at radius 1 is 1.46 bits per heavy atom. The highest BCUT2D eigenvalue weighted by Crippen LogP contribution is 2.32. The Balaban J connectivity index is 2.57. The van der Waals surface area contributed by atoms with Crippen molar-refractivity contribution in [3.05, 3.63) is 43.0 Å². The molecular weight excluding hydrogens is 396 g/mol. The number of H-pyrrole nitrogens is 1. The van der Waals surface area contributed by atoms with Gasteiger partial charge in [-0.15, -0.1) is 0 Å². The van der Waals surface area contributed by atoms with Crippen LogP contribution in [0, 0.1) is 4.77 Å². The Morgan fingerprint density at radius 3 is 2.71 bits per heavy atom. The molecule has 0 atom stereocenters. The predicted molar refractivity (Wildman–Crippen MR) is 97.7 cm³/mol. The van der Waals surface area contributed by atoms with Crippen LogP contribution in [0.2, 0.25) is 0 Å². The van der Waals surface area contributed by atoms with Crippen LogP contribution in [0.15, 0.2) is 26.5 Å². The lowest BCUT2D eigenvalue weighted by molar-refractivity contribution is 0.373. The third-order valence-electron chi connectivity index (χ3n) is 3.16. The number of ether oxygens (including phenoxy) is 1. The average Bonchev–Trinajstić information content (AvgIpc) is 2.48. The van der Waals surface area contributed by atoms with Crippen LogP contribution < -0.4 is 10.3 Å². The average molecular weight is 413 g/mol. The number of nitrogens with one attached hydrogen (secondary N) is 1. The molecule has 1 aromatic carbocycles. The third kappa shape index (κ3) is 3.73. The largest absolute Gasteiger partial charge is 0.504 e. The number of phenols is 1. The maximum absolute atomic E-state index is 12.5. The number of aromatic amines is 1. The molecule has 7 nitrogen and oxygen atoms in total. The normalized spacial score (nSPS) is 11.9. The van der Waals surface area contributed by atoms with Crippen molar-refractivity contribution in [3.63, 3.8) is 0 Å². The zero-order chi connectivity index (χ0) is 18.1. The zero-order valence-electron chi connectivity index (χ0n) is 13.6. The van der Waals surface area contributed by atoms with Crippen LogP contribution in [-0.4, -0.2) is 33.3 Å². The molecule has 0 radical (unpaired) electrons. The molecule has 2 rings (SSSR count). The number of aromatic hydroxyl groups is 1. The molecule has 0 aliphatic heterocycles. The molecule has 0 saturated heterocycles. The maximum Gasteiger partial charge on any atom is 0.297 e. The minimum atomic E-state index is -0.463. The van der Waals surface area contributed by atoms with Crippen molar-refractivity contribution < 1.29 is 9.84 Å². The predicted octanol–water partition coefficient (Wildman–Crippen LogP) is 2.96. The van der Waals surface area contributed by atoms with E-state index in [0.717, 1.165) is 4.68 Å². The summed E-state index contributed by atoms with van der Waals surface area (Å²) in [5.41, 5.74) is -0.195. The Bertz CT molecular complexity index is 912. The van der Waals surface area contributed by atoms with Crippen LogP contribution in [0.25, 0.3) is 0 Å². The van der Waals surface area contributed by atoms with Gasteiger partial charge in [0.25, 0.3) is 5.56 Å². The van der Waals surface area contributed by atoms with Crippen LogP contribution in [0.1, 0.15) is 32.0 Å². The third-order valence-corrected chi connectivity index (χ3v) is 3.88. The van der Waals surface area contributed by atoms with Crippen molar-refractivity contribution in [3.8, 4) is 11.5 Å². The van der Waals surface area contributed by atoms with Crippen molar-refractivity contribution in [2.24, 2.45) is 5.10 Å². The molecule has 1 aromatic heterocycles. The fourth-order valence-electron chi connectivity index (χ4n) is 1.95. The van der Waals surface area contributed by atoms with Gasteiger partial charge in [-0.25, -0.2) is 0 Å². The van der Waals surface area contributed by atoms with E-state index in [1.165, 1.54) is 13.3 Å². The molecule has 24 heavy (non-hydrogen) atoms. The zero-order valence-corrected chi connectivity index (χ0v) is 16.0. The highest BCUT2D eigenvalue weighted by Gasteiger charge is 2.21. The van der Waals surface area contributed by atoms with Crippen molar-refractivity contribution >= 4 is 34.4 Å². The van der Waals surface area contributed by atoms with Crippen LogP contribution >= 0.6 is 28.1 Å². The number of hydrogen-bond donors (Lipinski definition) is 2. The van der Waals surface area contributed by atoms with Gasteiger partial charge in [0.2, 0.25) is 4.77 Å². The van der Waals surface area contributed by atoms with Gasteiger partial charge >= 0.3 is 0 Å². The van der Waals surface area contributed by atoms with E-state index in [0.29, 0.717) is 15.7 Å². The first kappa shape index (κ1) is 18.3. The number of aromatic nitrogens is 3. The smallest absolute Gasteiger partial charge is 0.297 e. The number of benzene rings is 1. The van der Waals surface area contributed by atoms with E-state index in [2.05, 4.69) is 31.2 Å². The van der Waals surface area contributed by atoms with E-state index < -0.39 is 11.0 Å². The highest BCUT2D eigenvalue weighted by molar-refractivity contribution is 9.10. The summed E-state index contributed by atoms with van der Waals surface area (Å²) in [6.07, 6.45) is 1.33. The van der Waals surface area contributed by atoms with E-state index in [9.17, 15) is 9.90 Å². The number of hydrogen-bond acceptors (Lipinski definition) is 6. The summed E-state index contributed by atoms with van der Waals surface area (Å²) in [6.45, 7) is 5.60. The highest BCUT2D eigenvalue weighted by atomic mass is 79.9. The number of nitrogens with zero attached hydrogens (tertiary/aromatic N) is 3. The maximum atomic E-state index is 12.5. The summed E-state index contributed by atoms with van der Waals surface area (Å²) in [4.78, 5) is 12.5. The molecule has 9 heteroatoms. The molecule has 0 aliphatic carbocycles. The summed E-state index contributed by atoms with van der Waals surface area (Å²) < 4.78 is 6.88. The first-order valence-corrected chi connectivity index (χ1v) is 8.18. The fraction of sp³-hybridized carbons (Fsp3) is 0.333. The van der Waals surface area contributed by atoms with Gasteiger partial charge in [-0.05, 0) is 24.4 Å². The Morgan fingerprint density at radius 2 is 2.12 bits per heavy atom. The lowest BCUT2D eigenvalue weighted by Gasteiger charge is -2.16. The molecule has 0 fully saturated rings. The van der Waals surface area contributed by atoms with E-state index in [-0.39, 0.29) is 16.3 Å². The molecular formula is C15H17BrN4O3S. The van der Waals surface area contributed by atoms with Crippen molar-refractivity contribution in [1.29, 1.82) is 0 Å². The van der Waals surface area contributed by atoms with Gasteiger partial charge in [-0.3, -0.25) is 9.89 Å². The van der Waals surface area contributed by atoms with Gasteiger partial charge in [0.1, 0.15) is 5.69 Å². The van der Waals surface area contributed by atoms with E-state index in [1.807, 2.05) is 20.8 Å². The fourth-order valence-corrected chi connectivity index (χ4v) is 2.58. The molecule has 0 bridgehead atoms. The SMILES string of the molecule is COc1cc(Br)cc(/C=N\n2c(=S)[nH]nc(C(C)(C)C)c2=O)c1O. The quantitative estimate of drug-likeness (QED) is 0.596. The van der Waals surface area contributed by atoms with Gasteiger partial charge in [0, 0.05) is 15.5 Å². The number of halogens is 1. The van der Waals surface area contributed by atoms with E-state index in [4.69, 9.17) is 17.0 Å². The van der Waals surface area contributed by atoms with Crippen LogP contribution in [0.5, 0.6) is 11.5 Å². The van der Waals surface area contributed by atoms with Crippen LogP contribution in [-0.2, 0) is 5.41 Å². The van der Waals surface area contributed by atoms with Gasteiger partial charge in [0.15, 0.2) is 11.5 Å². The summed E-state index contributed by atoms with van der Waals surface area (Å²) in [7, 11) is 1.45. The Hall–Kier alpha value is -2.00. The number of rotatable bonds is 3. The molecule has 0 amide bonds. The Labute approximate surface area is 152 Å². The molecule has 0 unspecified atom stereocenters. The summed E-state index contributed by atoms with van der Waals surface area (Å²) >= 11 is 8.40. The Kier molecular flexibility index (Phi) is 5.24. The summed E-state index contributed by atoms with van der Waals surface area (Å²) in [6, 6.07) is 3.26. The van der Waals surface area contributed by atoms with Crippen molar-refractivity contribution in [1.82, 2.24) is 14.9 Å². The lowest BCUT2D eigenvalue weighted by atomic mass is 9.93. The van der Waals surface area contributed by atoms with Gasteiger partial charge in [-0.2, -0.15) is 14.9 Å². The van der Waals surface area contributed by atoms with E-state index >= 15 is 0 Å². The number of methoxy groups -OCH3 is 1. The second kappa shape index (κ2) is 6.86. The lowest BCUT2D eigenvalue weighted by Crippen LogP contribution is -2.32. The van der Waals surface area contributed by atoms with E-state index in [1.54, 1.807) is 12.1 Å². The van der Waals surface area contributed by atoms with Gasteiger partial charge in [-0.1, -0.05) is 36.7 Å². The topological polar surface area (TPSA) is 92.5 Å². The van der Waals surface area contributed by atoms with Crippen molar-refractivity contribution in [2.75, 3.05) is 7.11 Å². The minimum Gasteiger partial charge on any atom is -0.504 e. The van der Waals surface area contributed by atoms with Gasteiger partial charge in [0.05, 0.1) is 13.3 Å². The van der Waals surface area contributed by atoms with Crippen LogP contribution in [0.4, 0.5) is 0 Å². The molecule has 0 spiro atoms. The van der Waals surface area contributed by atoms with Crippen molar-refractivity contribution in [2.45, 2.75) is 26.2 Å². The second-order valence-electron chi connectivity index (χ2n) is 6.03. The molecule has 128 valence electrons. The monoisotopic (exact) mass is 412 g/mol. The summed E-state index contributed by atoms with van der Waals surface area (Å²) in [5, 5.41) is 20.9. The van der Waals surface area contributed by atoms with Crippen LogP contribution in [0.3, 0.4) is 0 Å². The molecule has 0 aliphatic rings. The second-order valence-corrected chi connectivity index (χ2v) is 7.34. The molecule has 0 saturated carbocycles. The number of phenolic OH excluding ortho intramolecular Hbond substituents is 1. The summed E-state index contributed by atoms with van der Waals surface area (Å²) in [5.74, 6) is 0.200. The standard InChI is InChI=1S/C15H17BrN4O3S/c1-15(2,3)12-13(22)20(14(24)19-18-12)17-7-8-5-9(16)6-10(23-4)11(8)21/h5-7,21H,1-4H3,(H,19,24)/b17-7-. The first-order chi connectivity index (χ1) is 11.1. The van der Waals surface area contributed by atoms with Gasteiger partial charge < -0.3 is 9.84 Å². The minimum absolute atomic E-state index is 0.0608. The molecule has 1 heterocycles. The molecule has 2 aromatic rings.